The smallest absolute Gasteiger partial charge is 0.244 e. The quantitative estimate of drug-likeness (QED) is 0.262. The minimum absolute atomic E-state index is 0.0530. The summed E-state index contributed by atoms with van der Waals surface area (Å²) in [6, 6.07) is 6.94. The lowest BCUT2D eigenvalue weighted by molar-refractivity contribution is -0.134. The Morgan fingerprint density at radius 1 is 0.875 bits per heavy atom. The van der Waals surface area contributed by atoms with Crippen molar-refractivity contribution in [2.75, 3.05) is 19.3 Å². The van der Waals surface area contributed by atoms with Crippen LogP contribution in [0.3, 0.4) is 0 Å². The number of benzene rings is 1. The summed E-state index contributed by atoms with van der Waals surface area (Å²) in [5.74, 6) is -0.370. The second kappa shape index (κ2) is 16.0. The summed E-state index contributed by atoms with van der Waals surface area (Å²) in [6.45, 7) is 9.66. The van der Waals surface area contributed by atoms with Gasteiger partial charge in [-0.15, -0.1) is 0 Å². The molecule has 48 heavy (non-hydrogen) atoms. The van der Waals surface area contributed by atoms with Crippen LogP contribution in [0.2, 0.25) is 0 Å². The van der Waals surface area contributed by atoms with Crippen LogP contribution in [0.25, 0.3) is 0 Å². The molecule has 3 aliphatic rings. The molecule has 0 bridgehead atoms. The van der Waals surface area contributed by atoms with Gasteiger partial charge in [-0.1, -0.05) is 68.9 Å². The highest BCUT2D eigenvalue weighted by Gasteiger charge is 2.46. The van der Waals surface area contributed by atoms with E-state index >= 15 is 0 Å². The predicted molar refractivity (Wildman–Crippen MR) is 189 cm³/mol. The molecule has 3 fully saturated rings. The fraction of sp³-hybridized carbons (Fsp3) is 0.757. The molecule has 4 rings (SSSR count). The third-order valence-corrected chi connectivity index (χ3v) is 13.1. The highest BCUT2D eigenvalue weighted by atomic mass is 32.2. The lowest BCUT2D eigenvalue weighted by Gasteiger charge is -2.47. The molecular weight excluding hydrogens is 628 g/mol. The van der Waals surface area contributed by atoms with Crippen LogP contribution in [0.15, 0.2) is 30.3 Å². The van der Waals surface area contributed by atoms with Crippen molar-refractivity contribution in [1.29, 1.82) is 0 Å². The van der Waals surface area contributed by atoms with Gasteiger partial charge in [-0.3, -0.25) is 19.3 Å². The molecule has 4 N–H and O–H groups in total. The van der Waals surface area contributed by atoms with Crippen molar-refractivity contribution in [2.24, 2.45) is 17.8 Å². The van der Waals surface area contributed by atoms with Gasteiger partial charge in [-0.2, -0.15) is 0 Å². The maximum absolute atomic E-state index is 14.2. The molecule has 6 atom stereocenters. The molecule has 1 heterocycles. The number of aliphatic hydroxyl groups is 1. The number of amides is 3. The van der Waals surface area contributed by atoms with E-state index in [0.29, 0.717) is 31.2 Å². The van der Waals surface area contributed by atoms with Crippen LogP contribution in [0.4, 0.5) is 0 Å². The van der Waals surface area contributed by atoms with E-state index < -0.39 is 50.3 Å². The number of rotatable bonds is 12. The normalized spacial score (nSPS) is 24.9. The van der Waals surface area contributed by atoms with Crippen LogP contribution in [-0.2, 0) is 30.6 Å². The number of sulfone groups is 1. The number of β-amino-alcohol motifs (C(OH)–C–C–N with tert-alkyl or cyclic N) is 1. The molecule has 270 valence electrons. The van der Waals surface area contributed by atoms with Crippen LogP contribution in [-0.4, -0.2) is 90.0 Å². The molecule has 0 aromatic heterocycles. The molecule has 1 aromatic rings. The van der Waals surface area contributed by atoms with Gasteiger partial charge in [-0.05, 0) is 84.1 Å². The Bertz CT molecular complexity index is 1360. The van der Waals surface area contributed by atoms with E-state index in [-0.39, 0.29) is 30.7 Å². The first kappa shape index (κ1) is 38.3. The first-order chi connectivity index (χ1) is 22.5. The van der Waals surface area contributed by atoms with Crippen LogP contribution in [0.1, 0.15) is 104 Å². The van der Waals surface area contributed by atoms with Crippen LogP contribution >= 0.6 is 0 Å². The van der Waals surface area contributed by atoms with E-state index in [0.717, 1.165) is 56.8 Å². The second-order valence-electron chi connectivity index (χ2n) is 16.3. The van der Waals surface area contributed by atoms with Crippen molar-refractivity contribution < 1.29 is 27.9 Å². The number of likely N-dealkylation sites (tertiary alicyclic amines) is 1. The Kier molecular flexibility index (Phi) is 12.8. The third-order valence-electron chi connectivity index (χ3n) is 11.0. The number of carbonyl (C=O) groups excluding carboxylic acids is 3. The second-order valence-corrected chi connectivity index (χ2v) is 18.9. The van der Waals surface area contributed by atoms with Gasteiger partial charge in [0.25, 0.3) is 0 Å². The van der Waals surface area contributed by atoms with Gasteiger partial charge < -0.3 is 21.1 Å². The van der Waals surface area contributed by atoms with Crippen LogP contribution in [0, 0.1) is 17.8 Å². The summed E-state index contributed by atoms with van der Waals surface area (Å²) in [6.07, 6.45) is 9.86. The average Bonchev–Trinajstić information content (AvgIpc) is 3.02. The number of nitrogens with one attached hydrogen (secondary N) is 3. The molecule has 0 radical (unpaired) electrons. The number of carbonyl (C=O) groups is 3. The van der Waals surface area contributed by atoms with E-state index in [2.05, 4.69) is 20.9 Å². The summed E-state index contributed by atoms with van der Waals surface area (Å²) in [7, 11) is -3.79. The van der Waals surface area contributed by atoms with Gasteiger partial charge in [0.15, 0.2) is 9.84 Å². The van der Waals surface area contributed by atoms with Crippen molar-refractivity contribution in [1.82, 2.24) is 20.9 Å². The third kappa shape index (κ3) is 10.0. The first-order valence-electron chi connectivity index (χ1n) is 18.0. The number of aliphatic hydroxyl groups excluding tert-OH is 1. The van der Waals surface area contributed by atoms with E-state index in [1.807, 2.05) is 51.1 Å². The zero-order valence-electron chi connectivity index (χ0n) is 30.0. The highest BCUT2D eigenvalue weighted by Crippen LogP contribution is 2.39. The molecule has 1 saturated heterocycles. The summed E-state index contributed by atoms with van der Waals surface area (Å²) in [4.78, 5) is 43.3. The number of piperidine rings is 1. The fourth-order valence-corrected chi connectivity index (χ4v) is 8.40. The van der Waals surface area contributed by atoms with Gasteiger partial charge >= 0.3 is 0 Å². The van der Waals surface area contributed by atoms with E-state index in [1.165, 1.54) is 20.3 Å². The molecule has 11 heteroatoms. The van der Waals surface area contributed by atoms with Crippen LogP contribution in [0.5, 0.6) is 0 Å². The fourth-order valence-electron chi connectivity index (χ4n) is 7.81. The van der Waals surface area contributed by atoms with E-state index in [1.54, 1.807) is 0 Å². The first-order valence-corrected chi connectivity index (χ1v) is 19.9. The van der Waals surface area contributed by atoms with Gasteiger partial charge in [0, 0.05) is 30.8 Å². The number of nitrogens with zero attached hydrogens (tertiary/aromatic N) is 1. The minimum atomic E-state index is -3.79. The molecule has 0 spiro atoms. The van der Waals surface area contributed by atoms with Gasteiger partial charge in [0.2, 0.25) is 17.7 Å². The zero-order valence-corrected chi connectivity index (χ0v) is 30.8. The molecule has 1 aromatic carbocycles. The average molecular weight is 689 g/mol. The Morgan fingerprint density at radius 2 is 1.48 bits per heavy atom. The molecule has 2 saturated carbocycles. The zero-order chi connectivity index (χ0) is 35.3. The summed E-state index contributed by atoms with van der Waals surface area (Å²) < 4.78 is 24.4. The Hall–Kier alpha value is -2.50. The number of hydrogen-bond donors (Lipinski definition) is 4. The van der Waals surface area contributed by atoms with Crippen molar-refractivity contribution in [3.05, 3.63) is 35.9 Å². The summed E-state index contributed by atoms with van der Waals surface area (Å²) in [5.41, 5.74) is 0.484. The van der Waals surface area contributed by atoms with E-state index in [4.69, 9.17) is 0 Å². The van der Waals surface area contributed by atoms with Crippen molar-refractivity contribution in [2.45, 2.75) is 140 Å². The number of fused-ring (bicyclic) bond motifs is 1. The lowest BCUT2D eigenvalue weighted by atomic mass is 9.72. The standard InChI is InChI=1S/C37H60N4O6S/c1-36(2,3)40-34(44)30-22-27-19-13-14-20-28(27)23-41(30)24-31(42)29(21-25-15-9-7-10-16-25)38-35(45)32(37(4,5)48(6,46)47)39-33(43)26-17-11-8-12-18-26/h7,9-10,15-16,26-32,42H,8,11-14,17-24H2,1-6H3,(H,38,45)(H,39,43)(H,40,44)/t27-,28+,29-,30-,31+,32+/m0/s1. The van der Waals surface area contributed by atoms with Gasteiger partial charge in [0.05, 0.1) is 22.9 Å². The van der Waals surface area contributed by atoms with Crippen molar-refractivity contribution in [3.63, 3.8) is 0 Å². The van der Waals surface area contributed by atoms with Crippen molar-refractivity contribution >= 4 is 27.6 Å². The highest BCUT2D eigenvalue weighted by molar-refractivity contribution is 7.92. The molecule has 3 amide bonds. The molecule has 10 nitrogen and oxygen atoms in total. The lowest BCUT2D eigenvalue weighted by Crippen LogP contribution is -2.64. The Labute approximate surface area is 288 Å². The Morgan fingerprint density at radius 3 is 2.08 bits per heavy atom. The molecule has 1 aliphatic heterocycles. The maximum atomic E-state index is 14.2. The maximum Gasteiger partial charge on any atom is 0.244 e. The summed E-state index contributed by atoms with van der Waals surface area (Å²) in [5, 5.41) is 20.9. The SMILES string of the molecule is CC(C)(C)NC(=O)[C@@H]1C[C@@H]2CCCC[C@@H]2CN1C[C@@H](O)[C@H](Cc1ccccc1)NC(=O)[C@@H](NC(=O)C1CCCCC1)C(C)(C)S(C)(=O)=O. The van der Waals surface area contributed by atoms with E-state index in [9.17, 15) is 27.9 Å². The molecule has 2 aliphatic carbocycles. The van der Waals surface area contributed by atoms with Gasteiger partial charge in [0.1, 0.15) is 6.04 Å². The van der Waals surface area contributed by atoms with Gasteiger partial charge in [-0.25, -0.2) is 8.42 Å². The predicted octanol–water partition coefficient (Wildman–Crippen LogP) is 3.76. The van der Waals surface area contributed by atoms with Crippen LogP contribution < -0.4 is 16.0 Å². The number of hydrogen-bond acceptors (Lipinski definition) is 7. The topological polar surface area (TPSA) is 145 Å². The largest absolute Gasteiger partial charge is 0.390 e. The summed E-state index contributed by atoms with van der Waals surface area (Å²) >= 11 is 0. The monoisotopic (exact) mass is 688 g/mol. The Balaban J connectivity index is 1.60. The molecular formula is C37H60N4O6S. The minimum Gasteiger partial charge on any atom is -0.390 e. The van der Waals surface area contributed by atoms with Crippen molar-refractivity contribution in [3.8, 4) is 0 Å². The molecule has 0 unspecified atom stereocenters.